The molecule has 164 valence electrons. The van der Waals surface area contributed by atoms with E-state index in [1.807, 2.05) is 18.2 Å². The van der Waals surface area contributed by atoms with Crippen molar-refractivity contribution in [1.29, 1.82) is 0 Å². The maximum absolute atomic E-state index is 13.4. The van der Waals surface area contributed by atoms with Gasteiger partial charge in [0, 0.05) is 47.9 Å². The van der Waals surface area contributed by atoms with Crippen LogP contribution in [-0.2, 0) is 4.74 Å². The molecule has 0 aliphatic carbocycles. The fourth-order valence-corrected chi connectivity index (χ4v) is 5.03. The van der Waals surface area contributed by atoms with E-state index in [4.69, 9.17) is 37.7 Å². The standard InChI is InChI=1S/C22H23Cl2N3O3S/c1-29-18-3-4-20-19(14-18)25-22(31-20)27(6-2-5-26-7-9-30-10-8-26)21(28)15-11-16(23)13-17(24)12-15/h3-4,11-14H,2,5-10H2,1H3. The van der Waals surface area contributed by atoms with Crippen molar-refractivity contribution < 1.29 is 14.3 Å². The molecule has 1 fully saturated rings. The van der Waals surface area contributed by atoms with Gasteiger partial charge in [0.05, 0.1) is 30.5 Å². The third-order valence-corrected chi connectivity index (χ3v) is 6.62. The maximum atomic E-state index is 13.4. The Bertz CT molecular complexity index is 1050. The number of carbonyl (C=O) groups excluding carboxylic acids is 1. The number of aromatic nitrogens is 1. The molecule has 0 bridgehead atoms. The Labute approximate surface area is 195 Å². The van der Waals surface area contributed by atoms with Crippen molar-refractivity contribution in [1.82, 2.24) is 9.88 Å². The molecule has 2 aromatic carbocycles. The first-order valence-electron chi connectivity index (χ1n) is 10.1. The summed E-state index contributed by atoms with van der Waals surface area (Å²) in [4.78, 5) is 22.2. The van der Waals surface area contributed by atoms with Gasteiger partial charge in [0.15, 0.2) is 5.13 Å². The van der Waals surface area contributed by atoms with E-state index in [-0.39, 0.29) is 5.91 Å². The van der Waals surface area contributed by atoms with E-state index in [9.17, 15) is 4.79 Å². The van der Waals surface area contributed by atoms with E-state index >= 15 is 0 Å². The van der Waals surface area contributed by atoms with Gasteiger partial charge in [-0.15, -0.1) is 0 Å². The zero-order valence-electron chi connectivity index (χ0n) is 17.1. The number of ether oxygens (including phenoxy) is 2. The summed E-state index contributed by atoms with van der Waals surface area (Å²) in [6.07, 6.45) is 0.819. The molecule has 1 saturated heterocycles. The summed E-state index contributed by atoms with van der Waals surface area (Å²) in [5.74, 6) is 0.563. The smallest absolute Gasteiger partial charge is 0.260 e. The predicted molar refractivity (Wildman–Crippen MR) is 126 cm³/mol. The Kier molecular flexibility index (Phi) is 7.30. The molecule has 0 saturated carbocycles. The average molecular weight is 480 g/mol. The number of halogens is 2. The van der Waals surface area contributed by atoms with Crippen LogP contribution in [0.5, 0.6) is 5.75 Å². The van der Waals surface area contributed by atoms with Crippen molar-refractivity contribution >= 4 is 55.8 Å². The first-order chi connectivity index (χ1) is 15.0. The average Bonchev–Trinajstić information content (AvgIpc) is 3.19. The van der Waals surface area contributed by atoms with E-state index in [1.54, 1.807) is 30.2 Å². The highest BCUT2D eigenvalue weighted by Gasteiger charge is 2.23. The largest absolute Gasteiger partial charge is 0.497 e. The normalized spacial score (nSPS) is 14.7. The van der Waals surface area contributed by atoms with Gasteiger partial charge in [-0.3, -0.25) is 14.6 Å². The van der Waals surface area contributed by atoms with Crippen LogP contribution in [0, 0.1) is 0 Å². The molecule has 9 heteroatoms. The fourth-order valence-electron chi connectivity index (χ4n) is 3.53. The third-order valence-electron chi connectivity index (χ3n) is 5.13. The SMILES string of the molecule is COc1ccc2sc(N(CCCN3CCOCC3)C(=O)c3cc(Cl)cc(Cl)c3)nc2c1. The van der Waals surface area contributed by atoms with E-state index in [0.717, 1.165) is 55.2 Å². The van der Waals surface area contributed by atoms with Crippen molar-refractivity contribution in [3.05, 3.63) is 52.0 Å². The molecule has 0 unspecified atom stereocenters. The van der Waals surface area contributed by atoms with Gasteiger partial charge in [-0.25, -0.2) is 4.98 Å². The Balaban J connectivity index is 1.60. The monoisotopic (exact) mass is 479 g/mol. The molecule has 0 atom stereocenters. The lowest BCUT2D eigenvalue weighted by molar-refractivity contribution is 0.0376. The molecular weight excluding hydrogens is 457 g/mol. The summed E-state index contributed by atoms with van der Waals surface area (Å²) in [6.45, 7) is 4.77. The quantitative estimate of drug-likeness (QED) is 0.478. The molecule has 1 aliphatic rings. The van der Waals surface area contributed by atoms with Gasteiger partial charge in [0.25, 0.3) is 5.91 Å². The van der Waals surface area contributed by atoms with Gasteiger partial charge in [-0.1, -0.05) is 34.5 Å². The Morgan fingerprint density at radius 3 is 2.65 bits per heavy atom. The highest BCUT2D eigenvalue weighted by atomic mass is 35.5. The summed E-state index contributed by atoms with van der Waals surface area (Å²) in [6, 6.07) is 10.6. The van der Waals surface area contributed by atoms with Gasteiger partial charge >= 0.3 is 0 Å². The topological polar surface area (TPSA) is 54.9 Å². The van der Waals surface area contributed by atoms with Gasteiger partial charge in [0.1, 0.15) is 5.75 Å². The summed E-state index contributed by atoms with van der Waals surface area (Å²) < 4.78 is 11.7. The number of fused-ring (bicyclic) bond motifs is 1. The maximum Gasteiger partial charge on any atom is 0.260 e. The number of amides is 1. The van der Waals surface area contributed by atoms with Crippen LogP contribution < -0.4 is 9.64 Å². The summed E-state index contributed by atoms with van der Waals surface area (Å²) in [5, 5.41) is 1.50. The van der Waals surface area contributed by atoms with E-state index in [2.05, 4.69) is 4.90 Å². The lowest BCUT2D eigenvalue weighted by Gasteiger charge is -2.27. The van der Waals surface area contributed by atoms with Crippen LogP contribution in [-0.4, -0.2) is 62.3 Å². The molecule has 0 spiro atoms. The summed E-state index contributed by atoms with van der Waals surface area (Å²) in [5.41, 5.74) is 1.25. The molecule has 4 rings (SSSR count). The second-order valence-corrected chi connectivity index (χ2v) is 9.13. The lowest BCUT2D eigenvalue weighted by atomic mass is 10.2. The number of thiazole rings is 1. The number of benzene rings is 2. The number of rotatable bonds is 7. The van der Waals surface area contributed by atoms with Gasteiger partial charge < -0.3 is 9.47 Å². The Morgan fingerprint density at radius 2 is 1.94 bits per heavy atom. The Morgan fingerprint density at radius 1 is 1.19 bits per heavy atom. The minimum atomic E-state index is -0.169. The molecule has 2 heterocycles. The molecule has 3 aromatic rings. The second-order valence-electron chi connectivity index (χ2n) is 7.25. The number of methoxy groups -OCH3 is 1. The lowest BCUT2D eigenvalue weighted by Crippen LogP contribution is -2.39. The van der Waals surface area contributed by atoms with Crippen LogP contribution in [0.3, 0.4) is 0 Å². The predicted octanol–water partition coefficient (Wildman–Crippen LogP) is 4.98. The molecule has 0 radical (unpaired) electrons. The van der Waals surface area contributed by atoms with Crippen molar-refractivity contribution in [3.63, 3.8) is 0 Å². The first-order valence-corrected chi connectivity index (χ1v) is 11.6. The van der Waals surface area contributed by atoms with Crippen LogP contribution in [0.2, 0.25) is 10.0 Å². The summed E-state index contributed by atoms with van der Waals surface area (Å²) in [7, 11) is 1.62. The van der Waals surface area contributed by atoms with E-state index in [1.165, 1.54) is 11.3 Å². The number of carbonyl (C=O) groups is 1. The van der Waals surface area contributed by atoms with Crippen LogP contribution in [0.25, 0.3) is 10.2 Å². The second kappa shape index (κ2) is 10.1. The molecule has 0 N–H and O–H groups in total. The van der Waals surface area contributed by atoms with E-state index < -0.39 is 0 Å². The van der Waals surface area contributed by atoms with Gasteiger partial charge in [-0.2, -0.15) is 0 Å². The molecular formula is C22H23Cl2N3O3S. The number of hydrogen-bond acceptors (Lipinski definition) is 6. The van der Waals surface area contributed by atoms with E-state index in [0.29, 0.717) is 27.3 Å². The number of hydrogen-bond donors (Lipinski definition) is 0. The number of morpholine rings is 1. The van der Waals surface area contributed by atoms with Crippen molar-refractivity contribution in [3.8, 4) is 5.75 Å². The van der Waals surface area contributed by atoms with Crippen LogP contribution in [0.4, 0.5) is 5.13 Å². The zero-order valence-corrected chi connectivity index (χ0v) is 19.5. The highest BCUT2D eigenvalue weighted by Crippen LogP contribution is 2.32. The van der Waals surface area contributed by atoms with Crippen LogP contribution in [0.1, 0.15) is 16.8 Å². The minimum Gasteiger partial charge on any atom is -0.497 e. The molecule has 1 amide bonds. The Hall–Kier alpha value is -1.90. The fraction of sp³-hybridized carbons (Fsp3) is 0.364. The number of anilines is 1. The molecule has 1 aliphatic heterocycles. The number of nitrogens with zero attached hydrogens (tertiary/aromatic N) is 3. The highest BCUT2D eigenvalue weighted by molar-refractivity contribution is 7.22. The van der Waals surface area contributed by atoms with Crippen molar-refractivity contribution in [2.24, 2.45) is 0 Å². The molecule has 6 nitrogen and oxygen atoms in total. The van der Waals surface area contributed by atoms with Crippen molar-refractivity contribution in [2.45, 2.75) is 6.42 Å². The molecule has 31 heavy (non-hydrogen) atoms. The van der Waals surface area contributed by atoms with Gasteiger partial charge in [-0.05, 0) is 36.8 Å². The van der Waals surface area contributed by atoms with Crippen LogP contribution in [0.15, 0.2) is 36.4 Å². The first kappa shape index (κ1) is 22.3. The third kappa shape index (κ3) is 5.48. The summed E-state index contributed by atoms with van der Waals surface area (Å²) >= 11 is 13.8. The van der Waals surface area contributed by atoms with Gasteiger partial charge in [0.2, 0.25) is 0 Å². The zero-order chi connectivity index (χ0) is 21.8. The molecule has 1 aromatic heterocycles. The van der Waals surface area contributed by atoms with Crippen molar-refractivity contribution in [2.75, 3.05) is 51.4 Å². The minimum absolute atomic E-state index is 0.169. The van der Waals surface area contributed by atoms with Crippen LogP contribution >= 0.6 is 34.5 Å².